The van der Waals surface area contributed by atoms with E-state index in [0.717, 1.165) is 58.1 Å². The van der Waals surface area contributed by atoms with Gasteiger partial charge in [0.05, 0.1) is 0 Å². The molecule has 2 fully saturated rings. The van der Waals surface area contributed by atoms with Gasteiger partial charge in [-0.2, -0.15) is 0 Å². The minimum absolute atomic E-state index is 0.174. The Kier molecular flexibility index (Phi) is 4.11. The van der Waals surface area contributed by atoms with E-state index in [9.17, 15) is 4.79 Å². The van der Waals surface area contributed by atoms with Crippen LogP contribution in [-0.2, 0) is 4.79 Å². The largest absolute Gasteiger partial charge is 0.341 e. The Morgan fingerprint density at radius 3 is 2.40 bits per heavy atom. The second-order valence-electron chi connectivity index (χ2n) is 5.39. The Balaban J connectivity index is 1.54. The fraction of sp³-hybridized carbons (Fsp3) is 0.643. The van der Waals surface area contributed by atoms with Crippen LogP contribution in [-0.4, -0.2) is 60.0 Å². The molecule has 0 unspecified atom stereocenters. The van der Waals surface area contributed by atoms with Crippen molar-refractivity contribution < 1.29 is 4.79 Å². The normalized spacial score (nSPS) is 21.0. The SMILES string of the molecule is O=C(C1CCN(c2ncccn2)CC1)N1CCNCC1. The van der Waals surface area contributed by atoms with Gasteiger partial charge in [0, 0.05) is 57.6 Å². The van der Waals surface area contributed by atoms with Gasteiger partial charge in [-0.3, -0.25) is 4.79 Å². The van der Waals surface area contributed by atoms with Crippen molar-refractivity contribution in [1.29, 1.82) is 0 Å². The summed E-state index contributed by atoms with van der Waals surface area (Å²) in [5.41, 5.74) is 0. The molecule has 1 aromatic heterocycles. The van der Waals surface area contributed by atoms with Gasteiger partial charge in [-0.15, -0.1) is 0 Å². The lowest BCUT2D eigenvalue weighted by atomic mass is 9.95. The van der Waals surface area contributed by atoms with Gasteiger partial charge >= 0.3 is 0 Å². The van der Waals surface area contributed by atoms with Crippen LogP contribution in [0.2, 0.25) is 0 Å². The number of carbonyl (C=O) groups is 1. The van der Waals surface area contributed by atoms with E-state index in [4.69, 9.17) is 0 Å². The summed E-state index contributed by atoms with van der Waals surface area (Å²) in [5, 5.41) is 3.28. The lowest BCUT2D eigenvalue weighted by Crippen LogP contribution is -2.50. The number of piperazine rings is 1. The van der Waals surface area contributed by atoms with Gasteiger partial charge in [0.2, 0.25) is 11.9 Å². The van der Waals surface area contributed by atoms with E-state index in [0.29, 0.717) is 5.91 Å². The van der Waals surface area contributed by atoms with Crippen molar-refractivity contribution in [3.63, 3.8) is 0 Å². The number of amides is 1. The molecule has 2 aliphatic rings. The molecule has 0 aliphatic carbocycles. The average molecular weight is 275 g/mol. The van der Waals surface area contributed by atoms with Crippen molar-refractivity contribution in [1.82, 2.24) is 20.2 Å². The van der Waals surface area contributed by atoms with Gasteiger partial charge in [0.1, 0.15) is 0 Å². The molecule has 6 heteroatoms. The van der Waals surface area contributed by atoms with Crippen LogP contribution in [0.15, 0.2) is 18.5 Å². The summed E-state index contributed by atoms with van der Waals surface area (Å²) in [6, 6.07) is 1.82. The summed E-state index contributed by atoms with van der Waals surface area (Å²) in [5.74, 6) is 1.29. The van der Waals surface area contributed by atoms with Crippen molar-refractivity contribution >= 4 is 11.9 Å². The zero-order chi connectivity index (χ0) is 13.8. The predicted molar refractivity (Wildman–Crippen MR) is 76.4 cm³/mol. The molecule has 6 nitrogen and oxygen atoms in total. The van der Waals surface area contributed by atoms with Gasteiger partial charge < -0.3 is 15.1 Å². The number of hydrogen-bond acceptors (Lipinski definition) is 5. The van der Waals surface area contributed by atoms with Crippen molar-refractivity contribution in [3.8, 4) is 0 Å². The molecule has 0 spiro atoms. The van der Waals surface area contributed by atoms with Crippen LogP contribution in [0.3, 0.4) is 0 Å². The number of hydrogen-bond donors (Lipinski definition) is 1. The molecular formula is C14H21N5O. The Bertz CT molecular complexity index is 438. The van der Waals surface area contributed by atoms with E-state index in [1.807, 2.05) is 11.0 Å². The number of carbonyl (C=O) groups excluding carboxylic acids is 1. The first-order valence-corrected chi connectivity index (χ1v) is 7.36. The molecule has 2 aliphatic heterocycles. The van der Waals surface area contributed by atoms with E-state index < -0.39 is 0 Å². The number of nitrogens with one attached hydrogen (secondary N) is 1. The summed E-state index contributed by atoms with van der Waals surface area (Å²) in [7, 11) is 0. The number of aromatic nitrogens is 2. The van der Waals surface area contributed by atoms with E-state index in [1.165, 1.54) is 0 Å². The zero-order valence-electron chi connectivity index (χ0n) is 11.7. The third-order valence-corrected chi connectivity index (χ3v) is 4.11. The highest BCUT2D eigenvalue weighted by molar-refractivity contribution is 5.79. The Hall–Kier alpha value is -1.69. The topological polar surface area (TPSA) is 61.4 Å². The molecule has 108 valence electrons. The quantitative estimate of drug-likeness (QED) is 0.831. The van der Waals surface area contributed by atoms with Crippen LogP contribution in [0.1, 0.15) is 12.8 Å². The van der Waals surface area contributed by atoms with Crippen LogP contribution in [0, 0.1) is 5.92 Å². The van der Waals surface area contributed by atoms with Gasteiger partial charge in [0.25, 0.3) is 0 Å². The maximum atomic E-state index is 12.4. The lowest BCUT2D eigenvalue weighted by Gasteiger charge is -2.35. The first kappa shape index (κ1) is 13.3. The number of anilines is 1. The Labute approximate surface area is 119 Å². The molecule has 0 radical (unpaired) electrons. The summed E-state index contributed by atoms with van der Waals surface area (Å²) < 4.78 is 0. The monoisotopic (exact) mass is 275 g/mol. The fourth-order valence-corrected chi connectivity index (χ4v) is 2.92. The van der Waals surface area contributed by atoms with E-state index in [1.54, 1.807) is 12.4 Å². The van der Waals surface area contributed by atoms with Gasteiger partial charge in [-0.25, -0.2) is 9.97 Å². The molecule has 1 aromatic rings. The second-order valence-corrected chi connectivity index (χ2v) is 5.39. The molecular weight excluding hydrogens is 254 g/mol. The Morgan fingerprint density at radius 1 is 1.10 bits per heavy atom. The highest BCUT2D eigenvalue weighted by Crippen LogP contribution is 2.22. The number of piperidine rings is 1. The molecule has 3 heterocycles. The van der Waals surface area contributed by atoms with Crippen LogP contribution in [0.25, 0.3) is 0 Å². The minimum Gasteiger partial charge on any atom is -0.341 e. The summed E-state index contributed by atoms with van der Waals surface area (Å²) in [4.78, 5) is 25.2. The van der Waals surface area contributed by atoms with Crippen LogP contribution < -0.4 is 10.2 Å². The smallest absolute Gasteiger partial charge is 0.225 e. The standard InChI is InChI=1S/C14H21N5O/c20-13(18-10-6-15-7-11-18)12-2-8-19(9-3-12)14-16-4-1-5-17-14/h1,4-5,12,15H,2-3,6-11H2. The molecule has 0 saturated carbocycles. The number of nitrogens with zero attached hydrogens (tertiary/aromatic N) is 4. The molecule has 1 amide bonds. The summed E-state index contributed by atoms with van der Waals surface area (Å²) in [6.07, 6.45) is 5.34. The first-order valence-electron chi connectivity index (χ1n) is 7.36. The van der Waals surface area contributed by atoms with Crippen molar-refractivity contribution in [3.05, 3.63) is 18.5 Å². The molecule has 3 rings (SSSR count). The van der Waals surface area contributed by atoms with E-state index >= 15 is 0 Å². The van der Waals surface area contributed by atoms with E-state index in [2.05, 4.69) is 20.2 Å². The third-order valence-electron chi connectivity index (χ3n) is 4.11. The maximum Gasteiger partial charge on any atom is 0.225 e. The minimum atomic E-state index is 0.174. The molecule has 0 atom stereocenters. The van der Waals surface area contributed by atoms with Gasteiger partial charge in [-0.1, -0.05) is 0 Å². The summed E-state index contributed by atoms with van der Waals surface area (Å²) >= 11 is 0. The maximum absolute atomic E-state index is 12.4. The molecule has 20 heavy (non-hydrogen) atoms. The zero-order valence-corrected chi connectivity index (χ0v) is 11.7. The highest BCUT2D eigenvalue weighted by atomic mass is 16.2. The molecule has 2 saturated heterocycles. The Morgan fingerprint density at radius 2 is 1.75 bits per heavy atom. The average Bonchev–Trinajstić information content (AvgIpc) is 2.56. The molecule has 0 aromatic carbocycles. The van der Waals surface area contributed by atoms with Crippen LogP contribution in [0.5, 0.6) is 0 Å². The van der Waals surface area contributed by atoms with Crippen LogP contribution in [0.4, 0.5) is 5.95 Å². The van der Waals surface area contributed by atoms with Crippen molar-refractivity contribution in [2.45, 2.75) is 12.8 Å². The second kappa shape index (κ2) is 6.17. The highest BCUT2D eigenvalue weighted by Gasteiger charge is 2.29. The van der Waals surface area contributed by atoms with Crippen molar-refractivity contribution in [2.24, 2.45) is 5.92 Å². The van der Waals surface area contributed by atoms with Crippen LogP contribution >= 0.6 is 0 Å². The lowest BCUT2D eigenvalue weighted by molar-refractivity contribution is -0.136. The van der Waals surface area contributed by atoms with E-state index in [-0.39, 0.29) is 5.92 Å². The summed E-state index contributed by atoms with van der Waals surface area (Å²) in [6.45, 7) is 5.27. The molecule has 1 N–H and O–H groups in total. The van der Waals surface area contributed by atoms with Crippen molar-refractivity contribution in [2.75, 3.05) is 44.2 Å². The van der Waals surface area contributed by atoms with Gasteiger partial charge in [0.15, 0.2) is 0 Å². The number of rotatable bonds is 2. The molecule has 0 bridgehead atoms. The third kappa shape index (κ3) is 2.90. The van der Waals surface area contributed by atoms with Gasteiger partial charge in [-0.05, 0) is 18.9 Å². The first-order chi connectivity index (χ1) is 9.84. The fourth-order valence-electron chi connectivity index (χ4n) is 2.92. The predicted octanol–water partition coefficient (Wildman–Crippen LogP) is 0.125.